The molecule has 1 aliphatic rings. The van der Waals surface area contributed by atoms with Gasteiger partial charge in [-0.1, -0.05) is 97.9 Å². The molecule has 5 aromatic carbocycles. The average Bonchev–Trinajstić information content (AvgIpc) is 3.14. The second kappa shape index (κ2) is 16.1. The van der Waals surface area contributed by atoms with Gasteiger partial charge < -0.3 is 25.2 Å². The third kappa shape index (κ3) is 8.66. The molecule has 0 saturated carbocycles. The predicted octanol–water partition coefficient (Wildman–Crippen LogP) is 8.32. The molecule has 0 spiro atoms. The summed E-state index contributed by atoms with van der Waals surface area (Å²) in [5.74, 6) is 0.561. The van der Waals surface area contributed by atoms with Crippen LogP contribution >= 0.6 is 11.8 Å². The van der Waals surface area contributed by atoms with Crippen LogP contribution in [0.25, 0.3) is 11.1 Å². The van der Waals surface area contributed by atoms with Gasteiger partial charge in [-0.05, 0) is 64.2 Å². The molecule has 0 bridgehead atoms. The molecule has 2 amide bonds. The van der Waals surface area contributed by atoms with E-state index in [1.807, 2.05) is 97.1 Å². The number of carbonyl (C=O) groups excluding carboxylic acids is 2. The number of benzene rings is 5. The van der Waals surface area contributed by atoms with Crippen LogP contribution in [0.2, 0.25) is 0 Å². The summed E-state index contributed by atoms with van der Waals surface area (Å²) in [6.45, 7) is 4.05. The van der Waals surface area contributed by atoms with E-state index in [1.165, 1.54) is 6.92 Å². The van der Waals surface area contributed by atoms with Crippen LogP contribution in [0, 0.1) is 5.92 Å². The number of aliphatic hydroxyl groups is 1. The highest BCUT2D eigenvalue weighted by Crippen LogP contribution is 2.43. The lowest BCUT2D eigenvalue weighted by Crippen LogP contribution is -2.38. The van der Waals surface area contributed by atoms with Crippen LogP contribution in [-0.2, 0) is 27.4 Å². The molecule has 7 nitrogen and oxygen atoms in total. The molecule has 250 valence electrons. The van der Waals surface area contributed by atoms with Crippen LogP contribution in [0.15, 0.2) is 132 Å². The largest absolute Gasteiger partial charge is 0.392 e. The Hall–Kier alpha value is -4.73. The number of hydrogen-bond acceptors (Lipinski definition) is 6. The van der Waals surface area contributed by atoms with Crippen LogP contribution in [0.4, 0.5) is 5.69 Å². The Labute approximate surface area is 291 Å². The standard InChI is InChI=1S/C41H40N2O5S/c1-27-38(26-49-36-22-20-35(21-23-36)43-28(2)45)47-41(48-39(27)31-14-12-29(25-44)13-15-31)33-18-16-30(17-19-33)37-11-7-6-10-34(37)24-42-40(46)32-8-4-3-5-9-32/h3-23,27,38-39,41,44H,24-26H2,1-2H3,(H,42,46)(H,43,45)/t27-,38+,39+,41+/m0/s1. The Kier molecular flexibility index (Phi) is 11.2. The summed E-state index contributed by atoms with van der Waals surface area (Å²) in [7, 11) is 0. The fraction of sp³-hybridized carbons (Fsp3) is 0.220. The lowest BCUT2D eigenvalue weighted by molar-refractivity contribution is -0.268. The van der Waals surface area contributed by atoms with Crippen LogP contribution in [0.1, 0.15) is 58.9 Å². The fourth-order valence-corrected chi connectivity index (χ4v) is 7.04. The van der Waals surface area contributed by atoms with Crippen molar-refractivity contribution in [2.75, 3.05) is 11.1 Å². The minimum absolute atomic E-state index is 0.0119. The minimum Gasteiger partial charge on any atom is -0.392 e. The van der Waals surface area contributed by atoms with Gasteiger partial charge in [0.2, 0.25) is 5.91 Å². The molecule has 5 aromatic rings. The smallest absolute Gasteiger partial charge is 0.251 e. The molecule has 1 heterocycles. The van der Waals surface area contributed by atoms with Crippen LogP contribution in [-0.4, -0.2) is 28.8 Å². The van der Waals surface area contributed by atoms with Crippen LogP contribution in [0.5, 0.6) is 0 Å². The van der Waals surface area contributed by atoms with Crippen molar-refractivity contribution < 1.29 is 24.2 Å². The quantitative estimate of drug-likeness (QED) is 0.122. The van der Waals surface area contributed by atoms with Gasteiger partial charge in [0, 0.05) is 46.8 Å². The Morgan fingerprint density at radius 1 is 0.776 bits per heavy atom. The third-order valence-corrected chi connectivity index (χ3v) is 9.80. The van der Waals surface area contributed by atoms with E-state index >= 15 is 0 Å². The number of amides is 2. The van der Waals surface area contributed by atoms with E-state index < -0.39 is 6.29 Å². The van der Waals surface area contributed by atoms with Gasteiger partial charge in [-0.15, -0.1) is 11.8 Å². The Balaban J connectivity index is 1.19. The molecule has 8 heteroatoms. The molecule has 0 aromatic heterocycles. The van der Waals surface area contributed by atoms with Gasteiger partial charge in [0.1, 0.15) is 0 Å². The zero-order valence-electron chi connectivity index (χ0n) is 27.5. The summed E-state index contributed by atoms with van der Waals surface area (Å²) in [6, 6.07) is 41.3. The topological polar surface area (TPSA) is 96.9 Å². The van der Waals surface area contributed by atoms with Crippen molar-refractivity contribution in [3.63, 3.8) is 0 Å². The maximum Gasteiger partial charge on any atom is 0.251 e. The number of ether oxygens (including phenoxy) is 2. The molecular weight excluding hydrogens is 633 g/mol. The summed E-state index contributed by atoms with van der Waals surface area (Å²) < 4.78 is 13.3. The highest BCUT2D eigenvalue weighted by molar-refractivity contribution is 7.99. The van der Waals surface area contributed by atoms with E-state index in [0.29, 0.717) is 17.9 Å². The molecule has 4 atom stereocenters. The molecule has 1 fully saturated rings. The molecule has 0 radical (unpaired) electrons. The molecule has 1 aliphatic heterocycles. The van der Waals surface area contributed by atoms with Gasteiger partial charge in [-0.2, -0.15) is 0 Å². The van der Waals surface area contributed by atoms with Crippen molar-refractivity contribution in [3.05, 3.63) is 155 Å². The van der Waals surface area contributed by atoms with Crippen molar-refractivity contribution in [3.8, 4) is 11.1 Å². The minimum atomic E-state index is -0.582. The molecule has 1 saturated heterocycles. The van der Waals surface area contributed by atoms with Crippen LogP contribution < -0.4 is 10.6 Å². The summed E-state index contributed by atoms with van der Waals surface area (Å²) in [5.41, 5.74) is 7.29. The Morgan fingerprint density at radius 2 is 1.45 bits per heavy atom. The highest BCUT2D eigenvalue weighted by Gasteiger charge is 2.38. The first-order valence-corrected chi connectivity index (χ1v) is 17.4. The Morgan fingerprint density at radius 3 is 2.14 bits per heavy atom. The normalized spacial score (nSPS) is 18.8. The molecule has 3 N–H and O–H groups in total. The van der Waals surface area contributed by atoms with E-state index in [2.05, 4.69) is 35.8 Å². The van der Waals surface area contributed by atoms with Crippen LogP contribution in [0.3, 0.4) is 0 Å². The van der Waals surface area contributed by atoms with Crippen molar-refractivity contribution in [2.24, 2.45) is 5.92 Å². The SMILES string of the molecule is CC(=O)Nc1ccc(SC[C@H]2O[C@@H](c3ccc(-c4ccccc4CNC(=O)c4ccccc4)cc3)O[C@@H](c3ccc(CO)cc3)[C@H]2C)cc1. The number of thioether (sulfide) groups is 1. The molecule has 0 aliphatic carbocycles. The summed E-state index contributed by atoms with van der Waals surface area (Å²) >= 11 is 1.71. The zero-order chi connectivity index (χ0) is 34.2. The number of anilines is 1. The molecule has 0 unspecified atom stereocenters. The van der Waals surface area contributed by atoms with Gasteiger partial charge in [-0.25, -0.2) is 0 Å². The third-order valence-electron chi connectivity index (χ3n) is 8.70. The first kappa shape index (κ1) is 34.1. The number of carbonyl (C=O) groups is 2. The van der Waals surface area contributed by atoms with Crippen molar-refractivity contribution in [1.82, 2.24) is 5.32 Å². The van der Waals surface area contributed by atoms with E-state index in [-0.39, 0.29) is 36.5 Å². The maximum absolute atomic E-state index is 12.7. The van der Waals surface area contributed by atoms with Gasteiger partial charge in [0.25, 0.3) is 5.91 Å². The fourth-order valence-electron chi connectivity index (χ4n) is 5.97. The average molecular weight is 673 g/mol. The number of nitrogens with one attached hydrogen (secondary N) is 2. The maximum atomic E-state index is 12.7. The second-order valence-corrected chi connectivity index (χ2v) is 13.3. The van der Waals surface area contributed by atoms with Gasteiger partial charge in [0.05, 0.1) is 18.8 Å². The lowest BCUT2D eigenvalue weighted by atomic mass is 9.91. The van der Waals surface area contributed by atoms with Crippen molar-refractivity contribution >= 4 is 29.3 Å². The zero-order valence-corrected chi connectivity index (χ0v) is 28.4. The van der Waals surface area contributed by atoms with E-state index in [1.54, 1.807) is 23.9 Å². The number of rotatable bonds is 11. The molecular formula is C41H40N2O5S. The molecule has 6 rings (SSSR count). The van der Waals surface area contributed by atoms with Gasteiger partial charge >= 0.3 is 0 Å². The van der Waals surface area contributed by atoms with E-state index in [9.17, 15) is 14.7 Å². The molecule has 49 heavy (non-hydrogen) atoms. The predicted molar refractivity (Wildman–Crippen MR) is 194 cm³/mol. The first-order valence-electron chi connectivity index (χ1n) is 16.4. The highest BCUT2D eigenvalue weighted by atomic mass is 32.2. The number of hydrogen-bond donors (Lipinski definition) is 3. The monoisotopic (exact) mass is 672 g/mol. The van der Waals surface area contributed by atoms with Gasteiger partial charge in [-0.3, -0.25) is 9.59 Å². The summed E-state index contributed by atoms with van der Waals surface area (Å²) in [4.78, 5) is 25.2. The second-order valence-electron chi connectivity index (χ2n) is 12.2. The summed E-state index contributed by atoms with van der Waals surface area (Å²) in [6.07, 6.45) is -0.913. The lowest BCUT2D eigenvalue weighted by Gasteiger charge is -2.41. The van der Waals surface area contributed by atoms with Crippen molar-refractivity contribution in [2.45, 2.75) is 50.4 Å². The first-order chi connectivity index (χ1) is 23.9. The summed E-state index contributed by atoms with van der Waals surface area (Å²) in [5, 5.41) is 15.5. The van der Waals surface area contributed by atoms with Gasteiger partial charge in [0.15, 0.2) is 6.29 Å². The van der Waals surface area contributed by atoms with E-state index in [0.717, 1.165) is 44.0 Å². The number of aliphatic hydroxyl groups excluding tert-OH is 1. The Bertz CT molecular complexity index is 1850. The van der Waals surface area contributed by atoms with Crippen molar-refractivity contribution in [1.29, 1.82) is 0 Å². The van der Waals surface area contributed by atoms with E-state index in [4.69, 9.17) is 9.47 Å².